The van der Waals surface area contributed by atoms with Crippen molar-refractivity contribution >= 4 is 11.9 Å². The average Bonchev–Trinajstić information content (AvgIpc) is 2.49. The van der Waals surface area contributed by atoms with Crippen molar-refractivity contribution in [2.75, 3.05) is 13.7 Å². The van der Waals surface area contributed by atoms with E-state index in [4.69, 9.17) is 4.74 Å². The Bertz CT molecular complexity index is 446. The topological polar surface area (TPSA) is 67.4 Å². The third kappa shape index (κ3) is 6.90. The van der Waals surface area contributed by atoms with E-state index in [0.717, 1.165) is 5.56 Å². The molecule has 2 N–H and O–H groups in total. The Hall–Kier alpha value is -1.88. The fourth-order valence-electron chi connectivity index (χ4n) is 1.95. The minimum Gasteiger partial charge on any atom is -0.468 e. The average molecular weight is 292 g/mol. The van der Waals surface area contributed by atoms with Gasteiger partial charge in [0.15, 0.2) is 0 Å². The Morgan fingerprint density at radius 1 is 1.19 bits per heavy atom. The first-order valence-electron chi connectivity index (χ1n) is 7.14. The van der Waals surface area contributed by atoms with Gasteiger partial charge >= 0.3 is 5.97 Å². The van der Waals surface area contributed by atoms with Gasteiger partial charge in [-0.2, -0.15) is 0 Å². The van der Waals surface area contributed by atoms with Crippen LogP contribution in [0.4, 0.5) is 0 Å². The van der Waals surface area contributed by atoms with Gasteiger partial charge in [0.25, 0.3) is 0 Å². The number of esters is 1. The summed E-state index contributed by atoms with van der Waals surface area (Å²) in [5.74, 6) is -0.134. The van der Waals surface area contributed by atoms with Crippen LogP contribution in [0.5, 0.6) is 0 Å². The van der Waals surface area contributed by atoms with E-state index in [0.29, 0.717) is 18.9 Å². The van der Waals surface area contributed by atoms with E-state index in [1.54, 1.807) is 0 Å². The lowest BCUT2D eigenvalue weighted by Gasteiger charge is -2.18. The normalized spacial score (nSPS) is 12.0. The molecule has 0 aliphatic heterocycles. The molecule has 1 amide bonds. The second kappa shape index (κ2) is 9.13. The van der Waals surface area contributed by atoms with Gasteiger partial charge < -0.3 is 10.1 Å². The van der Waals surface area contributed by atoms with Crippen LogP contribution in [0.25, 0.3) is 0 Å². The van der Waals surface area contributed by atoms with Crippen molar-refractivity contribution in [2.24, 2.45) is 5.92 Å². The van der Waals surface area contributed by atoms with Crippen molar-refractivity contribution in [3.63, 3.8) is 0 Å². The molecule has 21 heavy (non-hydrogen) atoms. The van der Waals surface area contributed by atoms with Crippen molar-refractivity contribution in [3.8, 4) is 0 Å². The summed E-state index contributed by atoms with van der Waals surface area (Å²) in [7, 11) is 1.35. The van der Waals surface area contributed by atoms with E-state index in [9.17, 15) is 9.59 Å². The fraction of sp³-hybridized carbons (Fsp3) is 0.500. The van der Waals surface area contributed by atoms with Crippen LogP contribution >= 0.6 is 0 Å². The quantitative estimate of drug-likeness (QED) is 0.712. The Balaban J connectivity index is 2.37. The van der Waals surface area contributed by atoms with E-state index in [-0.39, 0.29) is 18.4 Å². The first-order chi connectivity index (χ1) is 10.0. The van der Waals surface area contributed by atoms with Gasteiger partial charge in [-0.05, 0) is 17.9 Å². The van der Waals surface area contributed by atoms with Crippen LogP contribution in [0.3, 0.4) is 0 Å². The predicted molar refractivity (Wildman–Crippen MR) is 81.6 cm³/mol. The number of ether oxygens (including phenoxy) is 1. The van der Waals surface area contributed by atoms with Gasteiger partial charge in [0.05, 0.1) is 13.7 Å². The molecule has 1 rings (SSSR count). The highest BCUT2D eigenvalue weighted by atomic mass is 16.5. The fourth-order valence-corrected chi connectivity index (χ4v) is 1.95. The van der Waals surface area contributed by atoms with Gasteiger partial charge in [0.2, 0.25) is 5.91 Å². The summed E-state index contributed by atoms with van der Waals surface area (Å²) >= 11 is 0. The summed E-state index contributed by atoms with van der Waals surface area (Å²) in [5, 5.41) is 5.76. The van der Waals surface area contributed by atoms with Crippen LogP contribution in [-0.4, -0.2) is 31.6 Å². The number of methoxy groups -OCH3 is 1. The molecule has 0 saturated carbocycles. The molecule has 0 spiro atoms. The standard InChI is InChI=1S/C16H24N2O3/c1-12(2)9-14(16(20)21-3)17-11-15(19)18-10-13-7-5-4-6-8-13/h4-8,12,14,17H,9-11H2,1-3H3,(H,18,19). The summed E-state index contributed by atoms with van der Waals surface area (Å²) in [5.41, 5.74) is 1.04. The minimum atomic E-state index is -0.447. The van der Waals surface area contributed by atoms with Gasteiger partial charge in [-0.15, -0.1) is 0 Å². The molecule has 116 valence electrons. The minimum absolute atomic E-state index is 0.0965. The van der Waals surface area contributed by atoms with Gasteiger partial charge in [0, 0.05) is 6.54 Å². The Labute approximate surface area is 126 Å². The molecule has 0 aliphatic rings. The van der Waals surface area contributed by atoms with Crippen molar-refractivity contribution in [3.05, 3.63) is 35.9 Å². The molecule has 1 aromatic carbocycles. The summed E-state index contributed by atoms with van der Waals surface area (Å²) < 4.78 is 4.74. The summed E-state index contributed by atoms with van der Waals surface area (Å²) in [6, 6.07) is 9.23. The van der Waals surface area contributed by atoms with Crippen molar-refractivity contribution < 1.29 is 14.3 Å². The largest absolute Gasteiger partial charge is 0.468 e. The molecule has 1 unspecified atom stereocenters. The molecular formula is C16H24N2O3. The number of hydrogen-bond acceptors (Lipinski definition) is 4. The number of rotatable bonds is 8. The molecule has 0 radical (unpaired) electrons. The molecule has 0 aromatic heterocycles. The third-order valence-corrected chi connectivity index (χ3v) is 3.03. The molecule has 0 saturated heterocycles. The number of hydrogen-bond donors (Lipinski definition) is 2. The maximum atomic E-state index is 11.8. The molecule has 0 aliphatic carbocycles. The van der Waals surface area contributed by atoms with E-state index in [2.05, 4.69) is 10.6 Å². The van der Waals surface area contributed by atoms with Crippen molar-refractivity contribution in [1.82, 2.24) is 10.6 Å². The van der Waals surface area contributed by atoms with E-state index < -0.39 is 6.04 Å². The maximum absolute atomic E-state index is 11.8. The molecule has 0 bridgehead atoms. The highest BCUT2D eigenvalue weighted by molar-refractivity contribution is 5.80. The van der Waals surface area contributed by atoms with E-state index in [1.165, 1.54) is 7.11 Å². The Morgan fingerprint density at radius 3 is 2.43 bits per heavy atom. The highest BCUT2D eigenvalue weighted by Gasteiger charge is 2.20. The lowest BCUT2D eigenvalue weighted by Crippen LogP contribution is -2.44. The summed E-state index contributed by atoms with van der Waals surface area (Å²) in [6.45, 7) is 4.62. The van der Waals surface area contributed by atoms with Crippen LogP contribution in [0.2, 0.25) is 0 Å². The second-order valence-corrected chi connectivity index (χ2v) is 5.35. The van der Waals surface area contributed by atoms with Gasteiger partial charge in [-0.25, -0.2) is 0 Å². The smallest absolute Gasteiger partial charge is 0.322 e. The van der Waals surface area contributed by atoms with Crippen LogP contribution in [0.15, 0.2) is 30.3 Å². The zero-order valence-corrected chi connectivity index (χ0v) is 12.9. The predicted octanol–water partition coefficient (Wildman–Crippen LogP) is 1.48. The number of nitrogens with one attached hydrogen (secondary N) is 2. The Morgan fingerprint density at radius 2 is 1.86 bits per heavy atom. The number of carbonyl (C=O) groups is 2. The van der Waals surface area contributed by atoms with E-state index >= 15 is 0 Å². The molecule has 5 heteroatoms. The molecule has 0 heterocycles. The van der Waals surface area contributed by atoms with Gasteiger partial charge in [0.1, 0.15) is 6.04 Å². The first kappa shape index (κ1) is 17.2. The Kier molecular flexibility index (Phi) is 7.46. The van der Waals surface area contributed by atoms with Crippen molar-refractivity contribution in [2.45, 2.75) is 32.9 Å². The first-order valence-corrected chi connectivity index (χ1v) is 7.14. The van der Waals surface area contributed by atoms with Crippen LogP contribution in [0.1, 0.15) is 25.8 Å². The lowest BCUT2D eigenvalue weighted by atomic mass is 10.0. The van der Waals surface area contributed by atoms with Crippen LogP contribution in [-0.2, 0) is 20.9 Å². The molecule has 1 aromatic rings. The van der Waals surface area contributed by atoms with Crippen LogP contribution < -0.4 is 10.6 Å². The molecule has 0 fully saturated rings. The number of benzene rings is 1. The highest BCUT2D eigenvalue weighted by Crippen LogP contribution is 2.05. The second-order valence-electron chi connectivity index (χ2n) is 5.35. The number of amides is 1. The zero-order valence-electron chi connectivity index (χ0n) is 12.9. The third-order valence-electron chi connectivity index (χ3n) is 3.03. The SMILES string of the molecule is COC(=O)C(CC(C)C)NCC(=O)NCc1ccccc1. The van der Waals surface area contributed by atoms with Gasteiger partial charge in [-0.3, -0.25) is 14.9 Å². The summed E-state index contributed by atoms with van der Waals surface area (Å²) in [6.07, 6.45) is 0.638. The molecular weight excluding hydrogens is 268 g/mol. The zero-order chi connectivity index (χ0) is 15.7. The lowest BCUT2D eigenvalue weighted by molar-refractivity contribution is -0.143. The molecule has 5 nitrogen and oxygen atoms in total. The summed E-state index contributed by atoms with van der Waals surface area (Å²) in [4.78, 5) is 23.4. The monoisotopic (exact) mass is 292 g/mol. The van der Waals surface area contributed by atoms with Crippen LogP contribution in [0, 0.1) is 5.92 Å². The van der Waals surface area contributed by atoms with Gasteiger partial charge in [-0.1, -0.05) is 44.2 Å². The maximum Gasteiger partial charge on any atom is 0.322 e. The number of carbonyl (C=O) groups excluding carboxylic acids is 2. The van der Waals surface area contributed by atoms with E-state index in [1.807, 2.05) is 44.2 Å². The molecule has 1 atom stereocenters. The van der Waals surface area contributed by atoms with Crippen molar-refractivity contribution in [1.29, 1.82) is 0 Å².